The molecule has 2 unspecified atom stereocenters. The lowest BCUT2D eigenvalue weighted by atomic mass is 10.1. The van der Waals surface area contributed by atoms with Crippen molar-refractivity contribution in [3.8, 4) is 11.5 Å². The van der Waals surface area contributed by atoms with Crippen molar-refractivity contribution in [3.63, 3.8) is 0 Å². The standard InChI is InChI=1S/C15H20N2O3S/c1-3-17(8-10(2)14(16)21)15(18)13-9-19-11-6-4-5-7-12(11)20-13/h4-7,10,13H,3,8-9H2,1-2H3,(H2,16,21). The van der Waals surface area contributed by atoms with Crippen LogP contribution in [0, 0.1) is 5.92 Å². The van der Waals surface area contributed by atoms with Crippen molar-refractivity contribution in [2.45, 2.75) is 20.0 Å². The second-order valence-electron chi connectivity index (χ2n) is 5.04. The van der Waals surface area contributed by atoms with E-state index in [0.717, 1.165) is 0 Å². The van der Waals surface area contributed by atoms with Gasteiger partial charge in [-0.1, -0.05) is 31.3 Å². The van der Waals surface area contributed by atoms with Gasteiger partial charge in [-0.25, -0.2) is 0 Å². The number of carbonyl (C=O) groups is 1. The monoisotopic (exact) mass is 308 g/mol. The highest BCUT2D eigenvalue weighted by Crippen LogP contribution is 2.31. The largest absolute Gasteiger partial charge is 0.485 e. The van der Waals surface area contributed by atoms with Crippen LogP contribution in [0.15, 0.2) is 24.3 Å². The van der Waals surface area contributed by atoms with Gasteiger partial charge >= 0.3 is 0 Å². The number of para-hydroxylation sites is 2. The quantitative estimate of drug-likeness (QED) is 0.837. The van der Waals surface area contributed by atoms with Crippen LogP contribution in [-0.4, -0.2) is 41.6 Å². The summed E-state index contributed by atoms with van der Waals surface area (Å²) in [5.74, 6) is 1.14. The molecule has 1 aliphatic rings. The number of hydrogen-bond acceptors (Lipinski definition) is 4. The van der Waals surface area contributed by atoms with E-state index in [1.165, 1.54) is 0 Å². The molecule has 2 N–H and O–H groups in total. The Hall–Kier alpha value is -1.82. The van der Waals surface area contributed by atoms with Crippen LogP contribution in [0.3, 0.4) is 0 Å². The Balaban J connectivity index is 2.04. The van der Waals surface area contributed by atoms with Gasteiger partial charge in [0, 0.05) is 19.0 Å². The Kier molecular flexibility index (Phi) is 5.01. The molecular weight excluding hydrogens is 288 g/mol. The normalized spacial score (nSPS) is 17.9. The van der Waals surface area contributed by atoms with Gasteiger partial charge in [-0.2, -0.15) is 0 Å². The SMILES string of the molecule is CCN(CC(C)C(N)=S)C(=O)C1COc2ccccc2O1. The van der Waals surface area contributed by atoms with Crippen molar-refractivity contribution in [1.29, 1.82) is 0 Å². The molecule has 114 valence electrons. The summed E-state index contributed by atoms with van der Waals surface area (Å²) in [5.41, 5.74) is 5.62. The summed E-state index contributed by atoms with van der Waals surface area (Å²) in [6.45, 7) is 5.11. The number of carbonyl (C=O) groups excluding carboxylic acids is 1. The number of nitrogens with two attached hydrogens (primary N) is 1. The molecule has 5 nitrogen and oxygen atoms in total. The van der Waals surface area contributed by atoms with Crippen LogP contribution in [0.2, 0.25) is 0 Å². The maximum atomic E-state index is 12.5. The fraction of sp³-hybridized carbons (Fsp3) is 0.467. The van der Waals surface area contributed by atoms with Crippen LogP contribution in [0.1, 0.15) is 13.8 Å². The minimum absolute atomic E-state index is 0.0271. The molecule has 0 spiro atoms. The molecule has 2 rings (SSSR count). The van der Waals surface area contributed by atoms with E-state index in [2.05, 4.69) is 0 Å². The summed E-state index contributed by atoms with van der Waals surface area (Å²) in [6.07, 6.45) is -0.626. The van der Waals surface area contributed by atoms with E-state index in [-0.39, 0.29) is 18.4 Å². The van der Waals surface area contributed by atoms with Gasteiger partial charge in [0.25, 0.3) is 5.91 Å². The van der Waals surface area contributed by atoms with Crippen LogP contribution < -0.4 is 15.2 Å². The molecular formula is C15H20N2O3S. The van der Waals surface area contributed by atoms with Crippen molar-refractivity contribution in [3.05, 3.63) is 24.3 Å². The fourth-order valence-electron chi connectivity index (χ4n) is 2.14. The Morgan fingerprint density at radius 3 is 2.76 bits per heavy atom. The molecule has 0 aromatic heterocycles. The zero-order valence-corrected chi connectivity index (χ0v) is 13.1. The van der Waals surface area contributed by atoms with Crippen LogP contribution in [0.4, 0.5) is 0 Å². The molecule has 0 saturated carbocycles. The first-order valence-electron chi connectivity index (χ1n) is 6.99. The predicted octanol–water partition coefficient (Wildman–Crippen LogP) is 1.60. The summed E-state index contributed by atoms with van der Waals surface area (Å²) in [7, 11) is 0. The zero-order chi connectivity index (χ0) is 15.4. The third kappa shape index (κ3) is 3.64. The van der Waals surface area contributed by atoms with Gasteiger partial charge in [0.1, 0.15) is 6.61 Å². The zero-order valence-electron chi connectivity index (χ0n) is 12.2. The van der Waals surface area contributed by atoms with Crippen LogP contribution in [0.25, 0.3) is 0 Å². The van der Waals surface area contributed by atoms with E-state index in [0.29, 0.717) is 29.6 Å². The molecule has 1 aromatic carbocycles. The van der Waals surface area contributed by atoms with Crippen LogP contribution in [0.5, 0.6) is 11.5 Å². The number of hydrogen-bond donors (Lipinski definition) is 1. The Morgan fingerprint density at radius 1 is 1.48 bits per heavy atom. The predicted molar refractivity (Wildman–Crippen MR) is 84.6 cm³/mol. The highest BCUT2D eigenvalue weighted by molar-refractivity contribution is 7.80. The first-order valence-corrected chi connectivity index (χ1v) is 7.40. The van der Waals surface area contributed by atoms with Gasteiger partial charge in [-0.3, -0.25) is 4.79 Å². The molecule has 0 aliphatic carbocycles. The van der Waals surface area contributed by atoms with E-state index in [1.807, 2.05) is 32.0 Å². The number of amides is 1. The Bertz CT molecular complexity index is 535. The lowest BCUT2D eigenvalue weighted by Gasteiger charge is -2.31. The molecule has 2 atom stereocenters. The maximum Gasteiger partial charge on any atom is 0.267 e. The summed E-state index contributed by atoms with van der Waals surface area (Å²) >= 11 is 4.96. The summed E-state index contributed by atoms with van der Waals surface area (Å²) in [6, 6.07) is 7.33. The Labute approximate surface area is 130 Å². The van der Waals surface area contributed by atoms with E-state index in [4.69, 9.17) is 27.4 Å². The highest BCUT2D eigenvalue weighted by Gasteiger charge is 2.31. The summed E-state index contributed by atoms with van der Waals surface area (Å²) in [4.78, 5) is 14.6. The van der Waals surface area contributed by atoms with Crippen LogP contribution in [-0.2, 0) is 4.79 Å². The molecule has 1 aliphatic heterocycles. The summed E-state index contributed by atoms with van der Waals surface area (Å²) in [5, 5.41) is 0. The summed E-state index contributed by atoms with van der Waals surface area (Å²) < 4.78 is 11.3. The number of nitrogens with zero attached hydrogens (tertiary/aromatic N) is 1. The number of rotatable bonds is 5. The smallest absolute Gasteiger partial charge is 0.267 e. The average molecular weight is 308 g/mol. The first kappa shape index (κ1) is 15.6. The van der Waals surface area contributed by atoms with E-state index < -0.39 is 6.10 Å². The number of benzene rings is 1. The molecule has 1 aromatic rings. The van der Waals surface area contributed by atoms with Crippen molar-refractivity contribution in [1.82, 2.24) is 4.90 Å². The number of likely N-dealkylation sites (N-methyl/N-ethyl adjacent to an activating group) is 1. The van der Waals surface area contributed by atoms with Gasteiger partial charge in [0.15, 0.2) is 11.5 Å². The van der Waals surface area contributed by atoms with Crippen molar-refractivity contribution in [2.24, 2.45) is 11.7 Å². The molecule has 21 heavy (non-hydrogen) atoms. The molecule has 0 radical (unpaired) electrons. The second kappa shape index (κ2) is 6.76. The van der Waals surface area contributed by atoms with Gasteiger partial charge in [0.2, 0.25) is 6.10 Å². The number of thiocarbonyl (C=S) groups is 1. The molecule has 0 bridgehead atoms. The molecule has 1 heterocycles. The molecule has 0 fully saturated rings. The van der Waals surface area contributed by atoms with Crippen molar-refractivity contribution in [2.75, 3.05) is 19.7 Å². The maximum absolute atomic E-state index is 12.5. The average Bonchev–Trinajstić information content (AvgIpc) is 2.51. The van der Waals surface area contributed by atoms with E-state index in [9.17, 15) is 4.79 Å². The van der Waals surface area contributed by atoms with E-state index in [1.54, 1.807) is 11.0 Å². The van der Waals surface area contributed by atoms with Crippen LogP contribution >= 0.6 is 12.2 Å². The van der Waals surface area contributed by atoms with E-state index >= 15 is 0 Å². The number of ether oxygens (including phenoxy) is 2. The third-order valence-electron chi connectivity index (χ3n) is 3.46. The minimum atomic E-state index is -0.626. The lowest BCUT2D eigenvalue weighted by molar-refractivity contribution is -0.141. The number of fused-ring (bicyclic) bond motifs is 1. The fourth-order valence-corrected chi connectivity index (χ4v) is 2.21. The third-order valence-corrected chi connectivity index (χ3v) is 3.86. The molecule has 1 amide bonds. The lowest BCUT2D eigenvalue weighted by Crippen LogP contribution is -2.48. The van der Waals surface area contributed by atoms with Gasteiger partial charge in [0.05, 0.1) is 4.99 Å². The highest BCUT2D eigenvalue weighted by atomic mass is 32.1. The van der Waals surface area contributed by atoms with Gasteiger partial charge in [-0.05, 0) is 19.1 Å². The molecule has 6 heteroatoms. The molecule has 0 saturated heterocycles. The second-order valence-corrected chi connectivity index (χ2v) is 5.52. The van der Waals surface area contributed by atoms with Gasteiger partial charge in [-0.15, -0.1) is 0 Å². The van der Waals surface area contributed by atoms with Crippen molar-refractivity contribution >= 4 is 23.1 Å². The first-order chi connectivity index (χ1) is 10.0. The van der Waals surface area contributed by atoms with Gasteiger partial charge < -0.3 is 20.1 Å². The minimum Gasteiger partial charge on any atom is -0.485 e. The van der Waals surface area contributed by atoms with Crippen molar-refractivity contribution < 1.29 is 14.3 Å². The topological polar surface area (TPSA) is 64.8 Å². The Morgan fingerprint density at radius 2 is 2.14 bits per heavy atom.